The summed E-state index contributed by atoms with van der Waals surface area (Å²) in [5.41, 5.74) is 6.37. The van der Waals surface area contributed by atoms with Gasteiger partial charge in [0.25, 0.3) is 0 Å². The molecule has 1 aliphatic rings. The fourth-order valence-electron chi connectivity index (χ4n) is 2.43. The van der Waals surface area contributed by atoms with Crippen molar-refractivity contribution in [1.82, 2.24) is 10.3 Å². The Balaban J connectivity index is 2.01. The Hall–Kier alpha value is -2.74. The van der Waals surface area contributed by atoms with Gasteiger partial charge < -0.3 is 10.3 Å². The first-order valence-corrected chi connectivity index (χ1v) is 6.93. The topological polar surface area (TPSA) is 27.8 Å². The normalized spacial score (nSPS) is 17.6. The van der Waals surface area contributed by atoms with Gasteiger partial charge in [0.05, 0.1) is 0 Å². The van der Waals surface area contributed by atoms with E-state index in [0.717, 1.165) is 27.9 Å². The third kappa shape index (κ3) is 2.61. The summed E-state index contributed by atoms with van der Waals surface area (Å²) in [6.07, 6.45) is 11.8. The Morgan fingerprint density at radius 2 is 2.05 bits per heavy atom. The molecule has 2 heterocycles. The Morgan fingerprint density at radius 3 is 2.90 bits per heavy atom. The number of aryl methyl sites for hydroxylation is 1. The van der Waals surface area contributed by atoms with Gasteiger partial charge in [-0.1, -0.05) is 31.4 Å². The number of aromatic nitrogens is 1. The van der Waals surface area contributed by atoms with E-state index in [1.54, 1.807) is 0 Å². The van der Waals surface area contributed by atoms with Crippen LogP contribution < -0.4 is 5.32 Å². The molecule has 0 radical (unpaired) electrons. The minimum atomic E-state index is 0.946. The lowest BCUT2D eigenvalue weighted by Crippen LogP contribution is -2.07. The molecule has 3 rings (SSSR count). The maximum Gasteiger partial charge on any atom is 0.0459 e. The second-order valence-corrected chi connectivity index (χ2v) is 5.21. The highest BCUT2D eigenvalue weighted by Crippen LogP contribution is 2.26. The van der Waals surface area contributed by atoms with Crippen molar-refractivity contribution in [2.45, 2.75) is 6.92 Å². The van der Waals surface area contributed by atoms with E-state index in [9.17, 15) is 0 Å². The maximum atomic E-state index is 4.24. The molecule has 2 heteroatoms. The largest absolute Gasteiger partial charge is 0.361 e. The molecule has 0 amide bonds. The van der Waals surface area contributed by atoms with Crippen LogP contribution in [0.5, 0.6) is 0 Å². The molecule has 0 spiro atoms. The predicted octanol–water partition coefficient (Wildman–Crippen LogP) is 4.60. The van der Waals surface area contributed by atoms with Crippen molar-refractivity contribution in [3.05, 3.63) is 90.5 Å². The van der Waals surface area contributed by atoms with Gasteiger partial charge in [-0.2, -0.15) is 0 Å². The lowest BCUT2D eigenvalue weighted by Gasteiger charge is -2.13. The molecule has 1 aliphatic heterocycles. The highest BCUT2D eigenvalue weighted by Gasteiger charge is 2.08. The summed E-state index contributed by atoms with van der Waals surface area (Å²) >= 11 is 0. The van der Waals surface area contributed by atoms with Crippen LogP contribution in [0.2, 0.25) is 0 Å². The monoisotopic (exact) mass is 274 g/mol. The number of benzene rings is 1. The molecule has 2 N–H and O–H groups in total. The van der Waals surface area contributed by atoms with Gasteiger partial charge in [0.1, 0.15) is 0 Å². The van der Waals surface area contributed by atoms with Crippen LogP contribution in [0.25, 0.3) is 16.5 Å². The van der Waals surface area contributed by atoms with E-state index in [2.05, 4.69) is 48.6 Å². The number of nitrogens with one attached hydrogen (secondary N) is 2. The zero-order valence-electron chi connectivity index (χ0n) is 12.1. The summed E-state index contributed by atoms with van der Waals surface area (Å²) in [5.74, 6) is 0. The minimum Gasteiger partial charge on any atom is -0.361 e. The van der Waals surface area contributed by atoms with E-state index >= 15 is 0 Å². The van der Waals surface area contributed by atoms with Gasteiger partial charge in [0.15, 0.2) is 0 Å². The van der Waals surface area contributed by atoms with Gasteiger partial charge >= 0.3 is 0 Å². The van der Waals surface area contributed by atoms with Crippen LogP contribution in [0.15, 0.2) is 79.3 Å². The van der Waals surface area contributed by atoms with E-state index < -0.39 is 0 Å². The van der Waals surface area contributed by atoms with Gasteiger partial charge in [-0.15, -0.1) is 0 Å². The summed E-state index contributed by atoms with van der Waals surface area (Å²) in [6.45, 7) is 10.4. The molecule has 0 atom stereocenters. The van der Waals surface area contributed by atoms with Crippen molar-refractivity contribution in [3.8, 4) is 0 Å². The molecule has 0 saturated carbocycles. The van der Waals surface area contributed by atoms with E-state index in [4.69, 9.17) is 0 Å². The number of rotatable bonds is 2. The molecule has 0 saturated heterocycles. The summed E-state index contributed by atoms with van der Waals surface area (Å²) in [7, 11) is 0. The summed E-state index contributed by atoms with van der Waals surface area (Å²) in [4.78, 5) is 3.26. The van der Waals surface area contributed by atoms with Crippen molar-refractivity contribution >= 4 is 16.5 Å². The number of hydrogen-bond donors (Lipinski definition) is 2. The molecular formula is C19H18N2. The average molecular weight is 274 g/mol. The Morgan fingerprint density at radius 1 is 1.19 bits per heavy atom. The maximum absolute atomic E-state index is 4.24. The van der Waals surface area contributed by atoms with E-state index in [0.29, 0.717) is 0 Å². The summed E-state index contributed by atoms with van der Waals surface area (Å²) in [6, 6.07) is 6.36. The molecule has 2 nitrogen and oxygen atoms in total. The molecular weight excluding hydrogens is 256 g/mol. The van der Waals surface area contributed by atoms with Crippen LogP contribution in [0, 0.1) is 6.92 Å². The van der Waals surface area contributed by atoms with Crippen LogP contribution in [0.1, 0.15) is 11.1 Å². The van der Waals surface area contributed by atoms with Gasteiger partial charge in [-0.25, -0.2) is 0 Å². The highest BCUT2D eigenvalue weighted by molar-refractivity contribution is 5.89. The van der Waals surface area contributed by atoms with Crippen LogP contribution in [-0.4, -0.2) is 4.98 Å². The predicted molar refractivity (Wildman–Crippen MR) is 90.7 cm³/mol. The fraction of sp³-hybridized carbons (Fsp3) is 0.0526. The molecule has 0 unspecified atom stereocenters. The SMILES string of the molecule is C=C1C=C(C(=C)c2ccc3[nH]cc(C)c3c2)N/C=C\C=C/1. The van der Waals surface area contributed by atoms with Crippen molar-refractivity contribution in [1.29, 1.82) is 0 Å². The first kappa shape index (κ1) is 13.3. The number of hydrogen-bond acceptors (Lipinski definition) is 1. The number of allylic oxidation sites excluding steroid dienone is 6. The molecule has 21 heavy (non-hydrogen) atoms. The van der Waals surface area contributed by atoms with Crippen molar-refractivity contribution < 1.29 is 0 Å². The van der Waals surface area contributed by atoms with Crippen LogP contribution >= 0.6 is 0 Å². The minimum absolute atomic E-state index is 0.946. The summed E-state index contributed by atoms with van der Waals surface area (Å²) < 4.78 is 0. The molecule has 0 aliphatic carbocycles. The Bertz CT molecular complexity index is 813. The summed E-state index contributed by atoms with van der Waals surface area (Å²) in [5, 5.41) is 4.50. The number of aromatic amines is 1. The van der Waals surface area contributed by atoms with E-state index in [-0.39, 0.29) is 0 Å². The zero-order chi connectivity index (χ0) is 14.8. The van der Waals surface area contributed by atoms with Gasteiger partial charge in [-0.3, -0.25) is 0 Å². The van der Waals surface area contributed by atoms with Crippen molar-refractivity contribution in [2.75, 3.05) is 0 Å². The smallest absolute Gasteiger partial charge is 0.0459 e. The molecule has 104 valence electrons. The average Bonchev–Trinajstić information content (AvgIpc) is 2.83. The lowest BCUT2D eigenvalue weighted by atomic mass is 10.00. The van der Waals surface area contributed by atoms with E-state index in [1.807, 2.05) is 36.7 Å². The first-order valence-electron chi connectivity index (χ1n) is 6.93. The molecule has 2 aromatic rings. The standard InChI is InChI=1S/C19H18N2/c1-13-6-4-5-9-20-19(10-13)15(3)16-7-8-18-17(11-16)14(2)12-21-18/h4-12,20-21H,1,3H2,2H3/b6-4-,9-5-,19-10?. The third-order valence-electron chi connectivity index (χ3n) is 3.65. The van der Waals surface area contributed by atoms with Crippen LogP contribution in [0.4, 0.5) is 0 Å². The zero-order valence-corrected chi connectivity index (χ0v) is 12.1. The molecule has 0 fully saturated rings. The third-order valence-corrected chi connectivity index (χ3v) is 3.65. The first-order chi connectivity index (χ1) is 10.1. The van der Waals surface area contributed by atoms with Crippen molar-refractivity contribution in [3.63, 3.8) is 0 Å². The fourth-order valence-corrected chi connectivity index (χ4v) is 2.43. The molecule has 1 aromatic carbocycles. The van der Waals surface area contributed by atoms with Crippen molar-refractivity contribution in [2.24, 2.45) is 0 Å². The lowest BCUT2D eigenvalue weighted by molar-refractivity contribution is 1.11. The van der Waals surface area contributed by atoms with Gasteiger partial charge in [-0.05, 0) is 53.5 Å². The van der Waals surface area contributed by atoms with E-state index in [1.165, 1.54) is 10.9 Å². The van der Waals surface area contributed by atoms with Gasteiger partial charge in [0.2, 0.25) is 0 Å². The highest BCUT2D eigenvalue weighted by atomic mass is 14.9. The molecule has 1 aromatic heterocycles. The number of fused-ring (bicyclic) bond motifs is 1. The number of H-pyrrole nitrogens is 1. The van der Waals surface area contributed by atoms with Crippen LogP contribution in [-0.2, 0) is 0 Å². The Labute approximate surface area is 124 Å². The second-order valence-electron chi connectivity index (χ2n) is 5.21. The van der Waals surface area contributed by atoms with Crippen LogP contribution in [0.3, 0.4) is 0 Å². The molecule has 0 bridgehead atoms. The second kappa shape index (κ2) is 5.33. The van der Waals surface area contributed by atoms with Gasteiger partial charge in [0, 0.05) is 29.0 Å². The Kier molecular flexibility index (Phi) is 3.36. The quantitative estimate of drug-likeness (QED) is 0.822.